The monoisotopic (exact) mass is 405 g/mol. The number of primary amides is 1. The fourth-order valence-electron chi connectivity index (χ4n) is 4.15. The van der Waals surface area contributed by atoms with Gasteiger partial charge in [-0.05, 0) is 61.3 Å². The number of aromatic nitrogens is 2. The van der Waals surface area contributed by atoms with Crippen LogP contribution in [0, 0.1) is 26.2 Å². The van der Waals surface area contributed by atoms with Crippen LogP contribution >= 0.6 is 0 Å². The van der Waals surface area contributed by atoms with E-state index < -0.39 is 5.91 Å². The largest absolute Gasteiger partial charge is 0.364 e. The van der Waals surface area contributed by atoms with Gasteiger partial charge in [-0.2, -0.15) is 5.10 Å². The number of nitrogens with zero attached hydrogens (tertiary/aromatic N) is 2. The van der Waals surface area contributed by atoms with Gasteiger partial charge in [-0.1, -0.05) is 19.9 Å². The summed E-state index contributed by atoms with van der Waals surface area (Å²) >= 11 is 0. The SMILES string of the molecule is Cc1cc(C)c(C(=O)Nc2c(C)nn(C)c2C(N)=O)c2c1CC(C)(C)C2.[V]. The van der Waals surface area contributed by atoms with Crippen LogP contribution in [-0.2, 0) is 38.4 Å². The summed E-state index contributed by atoms with van der Waals surface area (Å²) in [7, 11) is 1.64. The molecule has 1 aromatic carbocycles. The van der Waals surface area contributed by atoms with E-state index in [9.17, 15) is 9.59 Å². The maximum atomic E-state index is 13.2. The molecule has 2 amide bonds. The number of benzene rings is 1. The first-order chi connectivity index (χ1) is 12.0. The molecule has 0 saturated heterocycles. The molecule has 3 N–H and O–H groups in total. The Hall–Kier alpha value is -2.05. The van der Waals surface area contributed by atoms with Gasteiger partial charge in [-0.3, -0.25) is 14.3 Å². The molecule has 0 bridgehead atoms. The van der Waals surface area contributed by atoms with E-state index in [4.69, 9.17) is 5.73 Å². The number of hydrogen-bond acceptors (Lipinski definition) is 3. The van der Waals surface area contributed by atoms with Crippen molar-refractivity contribution >= 4 is 17.5 Å². The van der Waals surface area contributed by atoms with Crippen molar-refractivity contribution in [2.45, 2.75) is 47.5 Å². The summed E-state index contributed by atoms with van der Waals surface area (Å²) in [6.07, 6.45) is 1.83. The predicted octanol–water partition coefficient (Wildman–Crippen LogP) is 2.82. The average Bonchev–Trinajstić information content (AvgIpc) is 2.95. The number of rotatable bonds is 3. The molecule has 27 heavy (non-hydrogen) atoms. The minimum absolute atomic E-state index is 0. The number of carbonyl (C=O) groups is 2. The van der Waals surface area contributed by atoms with Gasteiger partial charge in [0.05, 0.1) is 11.4 Å². The van der Waals surface area contributed by atoms with Crippen molar-refractivity contribution in [2.24, 2.45) is 18.2 Å². The first-order valence-electron chi connectivity index (χ1n) is 8.78. The molecule has 1 radical (unpaired) electrons. The van der Waals surface area contributed by atoms with Gasteiger partial charge in [0, 0.05) is 31.2 Å². The van der Waals surface area contributed by atoms with Gasteiger partial charge in [0.2, 0.25) is 0 Å². The van der Waals surface area contributed by atoms with Crippen molar-refractivity contribution in [3.63, 3.8) is 0 Å². The first-order valence-corrected chi connectivity index (χ1v) is 8.78. The minimum atomic E-state index is -0.615. The van der Waals surface area contributed by atoms with Gasteiger partial charge in [0.25, 0.3) is 11.8 Å². The summed E-state index contributed by atoms with van der Waals surface area (Å²) in [6.45, 7) is 10.3. The summed E-state index contributed by atoms with van der Waals surface area (Å²) in [6, 6.07) is 2.07. The van der Waals surface area contributed by atoms with Crippen molar-refractivity contribution in [3.05, 3.63) is 45.3 Å². The number of aryl methyl sites for hydroxylation is 4. The molecule has 0 aliphatic heterocycles. The average molecular weight is 405 g/mol. The van der Waals surface area contributed by atoms with Crippen LogP contribution in [0.3, 0.4) is 0 Å². The Labute approximate surface area is 171 Å². The van der Waals surface area contributed by atoms with Crippen molar-refractivity contribution in [1.82, 2.24) is 9.78 Å². The van der Waals surface area contributed by atoms with E-state index in [1.54, 1.807) is 14.0 Å². The van der Waals surface area contributed by atoms with Gasteiger partial charge < -0.3 is 11.1 Å². The van der Waals surface area contributed by atoms with Crippen molar-refractivity contribution in [1.29, 1.82) is 0 Å². The molecule has 0 fully saturated rings. The zero-order valence-electron chi connectivity index (χ0n) is 16.7. The third kappa shape index (κ3) is 3.69. The molecule has 2 aromatic rings. The second-order valence-electron chi connectivity index (χ2n) is 8.11. The second-order valence-corrected chi connectivity index (χ2v) is 8.11. The molecule has 1 heterocycles. The van der Waals surface area contributed by atoms with Gasteiger partial charge in [0.1, 0.15) is 5.69 Å². The Morgan fingerprint density at radius 2 is 1.74 bits per heavy atom. The zero-order chi connectivity index (χ0) is 19.4. The Kier molecular flexibility index (Phi) is 5.65. The van der Waals surface area contributed by atoms with E-state index in [0.29, 0.717) is 16.9 Å². The molecule has 6 nitrogen and oxygen atoms in total. The quantitative estimate of drug-likeness (QED) is 0.823. The van der Waals surface area contributed by atoms with E-state index in [-0.39, 0.29) is 35.6 Å². The van der Waals surface area contributed by atoms with Crippen LogP contribution in [-0.4, -0.2) is 21.6 Å². The zero-order valence-corrected chi connectivity index (χ0v) is 18.1. The maximum Gasteiger partial charge on any atom is 0.269 e. The van der Waals surface area contributed by atoms with Gasteiger partial charge in [-0.15, -0.1) is 0 Å². The van der Waals surface area contributed by atoms with Crippen molar-refractivity contribution in [2.75, 3.05) is 5.32 Å². The van der Waals surface area contributed by atoms with Crippen LogP contribution in [0.4, 0.5) is 5.69 Å². The summed E-state index contributed by atoms with van der Waals surface area (Å²) in [5.74, 6) is -0.828. The van der Waals surface area contributed by atoms with E-state index in [1.807, 2.05) is 6.92 Å². The Balaban J connectivity index is 0.00000261. The first kappa shape index (κ1) is 21.3. The number of carbonyl (C=O) groups excluding carboxylic acids is 2. The molecular weight excluding hydrogens is 379 g/mol. The van der Waals surface area contributed by atoms with Gasteiger partial charge >= 0.3 is 0 Å². The standard InChI is InChI=1S/C20H26N4O2.V/c1-10-7-11(2)15(14-9-20(4,5)8-13(10)14)19(26)22-16-12(3)23-24(6)17(16)18(21)25;/h7H,8-9H2,1-6H3,(H2,21,25)(H,22,26);. The molecule has 0 saturated carbocycles. The summed E-state index contributed by atoms with van der Waals surface area (Å²) < 4.78 is 1.41. The van der Waals surface area contributed by atoms with Crippen LogP contribution in [0.15, 0.2) is 6.07 Å². The van der Waals surface area contributed by atoms with Crippen molar-refractivity contribution < 1.29 is 28.1 Å². The summed E-state index contributed by atoms with van der Waals surface area (Å²) in [5, 5.41) is 7.10. The van der Waals surface area contributed by atoms with E-state index >= 15 is 0 Å². The van der Waals surface area contributed by atoms with Crippen LogP contribution in [0.2, 0.25) is 0 Å². The molecule has 7 heteroatoms. The van der Waals surface area contributed by atoms with E-state index in [0.717, 1.165) is 24.0 Å². The fraction of sp³-hybridized carbons (Fsp3) is 0.450. The molecule has 1 aliphatic carbocycles. The van der Waals surface area contributed by atoms with E-state index in [1.165, 1.54) is 15.8 Å². The van der Waals surface area contributed by atoms with Crippen LogP contribution in [0.25, 0.3) is 0 Å². The number of anilines is 1. The van der Waals surface area contributed by atoms with Crippen LogP contribution in [0.5, 0.6) is 0 Å². The van der Waals surface area contributed by atoms with Crippen LogP contribution in [0.1, 0.15) is 62.6 Å². The number of nitrogens with two attached hydrogens (primary N) is 1. The Morgan fingerprint density at radius 1 is 1.15 bits per heavy atom. The van der Waals surface area contributed by atoms with Gasteiger partial charge in [-0.25, -0.2) is 0 Å². The molecule has 0 spiro atoms. The maximum absolute atomic E-state index is 13.2. The minimum Gasteiger partial charge on any atom is -0.364 e. The van der Waals surface area contributed by atoms with Gasteiger partial charge in [0.15, 0.2) is 0 Å². The smallest absolute Gasteiger partial charge is 0.269 e. The molecule has 143 valence electrons. The number of hydrogen-bond donors (Lipinski definition) is 2. The normalized spacial score (nSPS) is 14.4. The van der Waals surface area contributed by atoms with Crippen molar-refractivity contribution in [3.8, 4) is 0 Å². The molecule has 0 atom stereocenters. The molecule has 1 aromatic heterocycles. The summed E-state index contributed by atoms with van der Waals surface area (Å²) in [4.78, 5) is 24.9. The predicted molar refractivity (Wildman–Crippen MR) is 102 cm³/mol. The van der Waals surface area contributed by atoms with Crippen LogP contribution < -0.4 is 11.1 Å². The fourth-order valence-corrected chi connectivity index (χ4v) is 4.15. The second kappa shape index (κ2) is 7.17. The number of nitrogens with one attached hydrogen (secondary N) is 1. The number of amides is 2. The summed E-state index contributed by atoms with van der Waals surface area (Å²) in [5.41, 5.74) is 12.0. The molecule has 0 unspecified atom stereocenters. The third-order valence-corrected chi connectivity index (χ3v) is 5.20. The molecule has 1 aliphatic rings. The Bertz CT molecular complexity index is 944. The molecular formula is C20H26N4O2V. The third-order valence-electron chi connectivity index (χ3n) is 5.20. The molecule has 3 rings (SSSR count). The topological polar surface area (TPSA) is 90.0 Å². The van der Waals surface area contributed by atoms with E-state index in [2.05, 4.69) is 37.3 Å². The Morgan fingerprint density at radius 3 is 2.33 bits per heavy atom. The number of fused-ring (bicyclic) bond motifs is 1.